The number of ether oxygens (including phenoxy) is 3. The Kier molecular flexibility index (Phi) is 5.98. The Hall–Kier alpha value is -3.67. The van der Waals surface area contributed by atoms with Crippen LogP contribution in [0, 0.1) is 0 Å². The number of rotatable bonds is 5. The van der Waals surface area contributed by atoms with Crippen LogP contribution in [-0.2, 0) is 6.42 Å². The minimum absolute atomic E-state index is 0.182. The lowest BCUT2D eigenvalue weighted by Gasteiger charge is -2.38. The number of amides is 2. The Labute approximate surface area is 182 Å². The van der Waals surface area contributed by atoms with E-state index < -0.39 is 0 Å². The van der Waals surface area contributed by atoms with Crippen LogP contribution in [0.3, 0.4) is 0 Å². The molecule has 1 N–H and O–H groups in total. The van der Waals surface area contributed by atoms with Gasteiger partial charge in [-0.3, -0.25) is 0 Å². The zero-order chi connectivity index (χ0) is 21.8. The van der Waals surface area contributed by atoms with E-state index in [0.717, 1.165) is 23.1 Å². The van der Waals surface area contributed by atoms with Crippen LogP contribution in [0.15, 0.2) is 66.7 Å². The summed E-state index contributed by atoms with van der Waals surface area (Å²) in [7, 11) is 4.85. The highest BCUT2D eigenvalue weighted by Crippen LogP contribution is 2.41. The van der Waals surface area contributed by atoms with Gasteiger partial charge in [-0.15, -0.1) is 0 Å². The first kappa shape index (κ1) is 20.6. The van der Waals surface area contributed by atoms with Crippen LogP contribution in [-0.4, -0.2) is 38.8 Å². The van der Waals surface area contributed by atoms with Crippen LogP contribution >= 0.6 is 0 Å². The molecular formula is C25H26N2O4. The third kappa shape index (κ3) is 4.01. The minimum Gasteiger partial charge on any atom is -0.495 e. The summed E-state index contributed by atoms with van der Waals surface area (Å²) in [6.07, 6.45) is 0.721. The molecular weight excluding hydrogens is 392 g/mol. The van der Waals surface area contributed by atoms with Crippen LogP contribution in [0.4, 0.5) is 10.5 Å². The molecule has 1 aliphatic heterocycles. The molecule has 0 aliphatic carbocycles. The predicted octanol–water partition coefficient (Wildman–Crippen LogP) is 4.89. The first-order valence-electron chi connectivity index (χ1n) is 10.2. The van der Waals surface area contributed by atoms with Gasteiger partial charge < -0.3 is 24.4 Å². The molecule has 0 saturated heterocycles. The van der Waals surface area contributed by atoms with E-state index in [2.05, 4.69) is 5.32 Å². The molecule has 0 saturated carbocycles. The number of anilines is 1. The Balaban J connectivity index is 1.75. The van der Waals surface area contributed by atoms with E-state index in [-0.39, 0.29) is 12.1 Å². The molecule has 3 aromatic rings. The molecule has 6 nitrogen and oxygen atoms in total. The van der Waals surface area contributed by atoms with Crippen LogP contribution in [0.5, 0.6) is 17.2 Å². The summed E-state index contributed by atoms with van der Waals surface area (Å²) in [4.78, 5) is 15.3. The molecule has 3 aromatic carbocycles. The molecule has 1 heterocycles. The molecule has 1 aliphatic rings. The van der Waals surface area contributed by atoms with Gasteiger partial charge in [-0.2, -0.15) is 0 Å². The number of benzene rings is 3. The van der Waals surface area contributed by atoms with Crippen molar-refractivity contribution in [1.29, 1.82) is 0 Å². The maximum absolute atomic E-state index is 13.4. The summed E-state index contributed by atoms with van der Waals surface area (Å²) < 4.78 is 16.4. The van der Waals surface area contributed by atoms with Gasteiger partial charge in [-0.25, -0.2) is 4.79 Å². The molecule has 31 heavy (non-hydrogen) atoms. The number of para-hydroxylation sites is 2. The largest absolute Gasteiger partial charge is 0.495 e. The number of carbonyl (C=O) groups excluding carboxylic acids is 1. The van der Waals surface area contributed by atoms with Crippen LogP contribution in [0.25, 0.3) is 0 Å². The summed E-state index contributed by atoms with van der Waals surface area (Å²) in [6.45, 7) is 0.572. The molecule has 2 amide bonds. The number of nitrogens with one attached hydrogen (secondary N) is 1. The van der Waals surface area contributed by atoms with Crippen LogP contribution in [0.2, 0.25) is 0 Å². The van der Waals surface area contributed by atoms with E-state index in [1.165, 1.54) is 0 Å². The lowest BCUT2D eigenvalue weighted by atomic mass is 9.88. The summed E-state index contributed by atoms with van der Waals surface area (Å²) in [5, 5.41) is 3.02. The molecule has 160 valence electrons. The van der Waals surface area contributed by atoms with Crippen LogP contribution in [0.1, 0.15) is 22.7 Å². The Morgan fingerprint density at radius 2 is 1.52 bits per heavy atom. The predicted molar refractivity (Wildman–Crippen MR) is 120 cm³/mol. The van der Waals surface area contributed by atoms with Gasteiger partial charge >= 0.3 is 6.03 Å². The average molecular weight is 418 g/mol. The fourth-order valence-corrected chi connectivity index (χ4v) is 4.09. The molecule has 0 radical (unpaired) electrons. The van der Waals surface area contributed by atoms with Crippen molar-refractivity contribution in [3.63, 3.8) is 0 Å². The van der Waals surface area contributed by atoms with E-state index in [0.29, 0.717) is 29.5 Å². The average Bonchev–Trinajstić information content (AvgIpc) is 2.83. The summed E-state index contributed by atoms with van der Waals surface area (Å²) in [6, 6.07) is 21.0. The second-order valence-electron chi connectivity index (χ2n) is 7.29. The van der Waals surface area contributed by atoms with Crippen molar-refractivity contribution in [2.24, 2.45) is 0 Å². The molecule has 1 atom stereocenters. The van der Waals surface area contributed by atoms with Gasteiger partial charge in [0.05, 0.1) is 33.1 Å². The van der Waals surface area contributed by atoms with Crippen molar-refractivity contribution in [2.75, 3.05) is 33.2 Å². The van der Waals surface area contributed by atoms with Gasteiger partial charge in [0.1, 0.15) is 5.75 Å². The van der Waals surface area contributed by atoms with Gasteiger partial charge in [0.25, 0.3) is 0 Å². The maximum Gasteiger partial charge on any atom is 0.322 e. The highest BCUT2D eigenvalue weighted by molar-refractivity contribution is 5.91. The standard InChI is InChI=1S/C25H26N2O4/c1-29-21-12-8-7-11-20(21)26-25(28)27-14-13-18-15-22(30-2)23(31-3)16-19(18)24(27)17-9-5-4-6-10-17/h4-12,15-16,24H,13-14H2,1-3H3,(H,26,28)/t24-/m0/s1. The highest BCUT2D eigenvalue weighted by Gasteiger charge is 2.33. The molecule has 4 rings (SSSR count). The summed E-state index contributed by atoms with van der Waals surface area (Å²) in [5.41, 5.74) is 3.85. The van der Waals surface area contributed by atoms with Crippen molar-refractivity contribution < 1.29 is 19.0 Å². The Bertz CT molecular complexity index is 1070. The normalized spacial score (nSPS) is 15.1. The van der Waals surface area contributed by atoms with Gasteiger partial charge in [-0.05, 0) is 47.4 Å². The molecule has 0 unspecified atom stereocenters. The van der Waals surface area contributed by atoms with Crippen molar-refractivity contribution in [3.05, 3.63) is 83.4 Å². The van der Waals surface area contributed by atoms with Gasteiger partial charge in [0.15, 0.2) is 11.5 Å². The summed E-state index contributed by atoms with van der Waals surface area (Å²) >= 11 is 0. The lowest BCUT2D eigenvalue weighted by molar-refractivity contribution is 0.193. The van der Waals surface area contributed by atoms with E-state index >= 15 is 0 Å². The van der Waals surface area contributed by atoms with E-state index in [1.807, 2.05) is 71.6 Å². The first-order valence-corrected chi connectivity index (χ1v) is 10.2. The van der Waals surface area contributed by atoms with E-state index in [9.17, 15) is 4.79 Å². The number of hydrogen-bond donors (Lipinski definition) is 1. The molecule has 0 spiro atoms. The lowest BCUT2D eigenvalue weighted by Crippen LogP contribution is -2.43. The monoisotopic (exact) mass is 418 g/mol. The van der Waals surface area contributed by atoms with Crippen molar-refractivity contribution in [1.82, 2.24) is 4.90 Å². The number of nitrogens with zero attached hydrogens (tertiary/aromatic N) is 1. The Morgan fingerprint density at radius 1 is 0.871 bits per heavy atom. The second-order valence-corrected chi connectivity index (χ2v) is 7.29. The smallest absolute Gasteiger partial charge is 0.322 e. The molecule has 6 heteroatoms. The van der Waals surface area contributed by atoms with Crippen molar-refractivity contribution in [3.8, 4) is 17.2 Å². The fraction of sp³-hybridized carbons (Fsp3) is 0.240. The van der Waals surface area contributed by atoms with Gasteiger partial charge in [0.2, 0.25) is 0 Å². The SMILES string of the molecule is COc1ccccc1NC(=O)N1CCc2cc(OC)c(OC)cc2[C@@H]1c1ccccc1. The van der Waals surface area contributed by atoms with Crippen LogP contribution < -0.4 is 19.5 Å². The zero-order valence-corrected chi connectivity index (χ0v) is 17.9. The highest BCUT2D eigenvalue weighted by atomic mass is 16.5. The van der Waals surface area contributed by atoms with Crippen molar-refractivity contribution >= 4 is 11.7 Å². The number of hydrogen-bond acceptors (Lipinski definition) is 4. The molecule has 0 bridgehead atoms. The van der Waals surface area contributed by atoms with E-state index in [1.54, 1.807) is 21.3 Å². The quantitative estimate of drug-likeness (QED) is 0.641. The third-order valence-electron chi connectivity index (χ3n) is 5.60. The topological polar surface area (TPSA) is 60.0 Å². The van der Waals surface area contributed by atoms with E-state index in [4.69, 9.17) is 14.2 Å². The number of methoxy groups -OCH3 is 3. The first-order chi connectivity index (χ1) is 15.2. The number of fused-ring (bicyclic) bond motifs is 1. The van der Waals surface area contributed by atoms with Gasteiger partial charge in [0, 0.05) is 6.54 Å². The maximum atomic E-state index is 13.4. The minimum atomic E-state index is -0.250. The zero-order valence-electron chi connectivity index (χ0n) is 17.9. The fourth-order valence-electron chi connectivity index (χ4n) is 4.09. The Morgan fingerprint density at radius 3 is 2.23 bits per heavy atom. The molecule has 0 aromatic heterocycles. The second kappa shape index (κ2) is 9.00. The number of carbonyl (C=O) groups is 1. The van der Waals surface area contributed by atoms with Crippen molar-refractivity contribution in [2.45, 2.75) is 12.5 Å². The molecule has 0 fully saturated rings. The number of urea groups is 1. The third-order valence-corrected chi connectivity index (χ3v) is 5.60. The summed E-state index contributed by atoms with van der Waals surface area (Å²) in [5.74, 6) is 1.96. The van der Waals surface area contributed by atoms with Gasteiger partial charge in [-0.1, -0.05) is 42.5 Å².